The van der Waals surface area contributed by atoms with Gasteiger partial charge in [-0.05, 0) is 37.3 Å². The number of nitrogens with zero attached hydrogens (tertiary/aromatic N) is 2. The second-order valence-corrected chi connectivity index (χ2v) is 6.66. The second-order valence-electron chi connectivity index (χ2n) is 5.81. The first kappa shape index (κ1) is 19.3. The van der Waals surface area contributed by atoms with Gasteiger partial charge in [-0.2, -0.15) is 0 Å². The van der Waals surface area contributed by atoms with Crippen LogP contribution in [0.25, 0.3) is 11.0 Å². The molecular weight excluding hydrogens is 389 g/mol. The molecule has 1 aromatic heterocycles. The number of carbonyl (C=O) groups excluding carboxylic acids is 1. The first-order chi connectivity index (χ1) is 13.0. The summed E-state index contributed by atoms with van der Waals surface area (Å²) in [4.78, 5) is 11.9. The molecule has 0 aliphatic rings. The Morgan fingerprint density at radius 1 is 1.22 bits per heavy atom. The fourth-order valence-corrected chi connectivity index (χ4v) is 3.35. The number of nitrogens with two attached hydrogens (primary N) is 1. The molecule has 0 bridgehead atoms. The molecule has 2 aromatic carbocycles. The van der Waals surface area contributed by atoms with Crippen molar-refractivity contribution in [2.24, 2.45) is 0 Å². The molecular formula is C19H20Cl2N3O3+. The monoisotopic (exact) mass is 408 g/mol. The Bertz CT molecular complexity index is 972. The number of aromatic nitrogens is 2. The first-order valence-corrected chi connectivity index (χ1v) is 9.27. The zero-order chi connectivity index (χ0) is 19.4. The molecule has 0 amide bonds. The van der Waals surface area contributed by atoms with Crippen molar-refractivity contribution >= 4 is 46.2 Å². The number of hydrogen-bond donors (Lipinski definition) is 1. The number of nitrogen functional groups attached to an aromatic ring is 1. The van der Waals surface area contributed by atoms with Crippen molar-refractivity contribution in [2.45, 2.75) is 20.0 Å². The fraction of sp³-hybridized carbons (Fsp3) is 0.263. The molecule has 27 heavy (non-hydrogen) atoms. The number of halogens is 2. The van der Waals surface area contributed by atoms with E-state index in [4.69, 9.17) is 38.4 Å². The minimum atomic E-state index is -0.332. The van der Waals surface area contributed by atoms with E-state index in [1.807, 2.05) is 28.8 Å². The van der Waals surface area contributed by atoms with Gasteiger partial charge in [-0.15, -0.1) is 0 Å². The van der Waals surface area contributed by atoms with E-state index < -0.39 is 0 Å². The third-order valence-corrected chi connectivity index (χ3v) is 4.61. The molecule has 3 aromatic rings. The van der Waals surface area contributed by atoms with Gasteiger partial charge in [0.2, 0.25) is 0 Å². The summed E-state index contributed by atoms with van der Waals surface area (Å²) in [6, 6.07) is 12.8. The Hall–Kier alpha value is -2.44. The maximum atomic E-state index is 11.9. The fourth-order valence-electron chi connectivity index (χ4n) is 2.89. The van der Waals surface area contributed by atoms with Gasteiger partial charge in [-0.1, -0.05) is 35.3 Å². The number of benzene rings is 2. The van der Waals surface area contributed by atoms with Crippen LogP contribution in [0.3, 0.4) is 0 Å². The molecule has 8 heteroatoms. The van der Waals surface area contributed by atoms with Gasteiger partial charge in [0.1, 0.15) is 29.9 Å². The van der Waals surface area contributed by atoms with Crippen LogP contribution in [0.2, 0.25) is 10.0 Å². The van der Waals surface area contributed by atoms with Crippen LogP contribution in [0.5, 0.6) is 5.75 Å². The van der Waals surface area contributed by atoms with E-state index in [9.17, 15) is 4.79 Å². The quantitative estimate of drug-likeness (QED) is 0.479. The van der Waals surface area contributed by atoms with Crippen LogP contribution in [-0.4, -0.2) is 23.8 Å². The highest BCUT2D eigenvalue weighted by atomic mass is 35.5. The predicted molar refractivity (Wildman–Crippen MR) is 105 cm³/mol. The Balaban J connectivity index is 1.81. The summed E-state index contributed by atoms with van der Waals surface area (Å²) in [6.07, 6.45) is 0. The molecule has 3 rings (SSSR count). The van der Waals surface area contributed by atoms with Gasteiger partial charge in [-0.25, -0.2) is 13.9 Å². The van der Waals surface area contributed by atoms with Crippen LogP contribution in [0.15, 0.2) is 42.5 Å². The summed E-state index contributed by atoms with van der Waals surface area (Å²) in [5.41, 5.74) is 8.07. The highest BCUT2D eigenvalue weighted by molar-refractivity contribution is 6.35. The lowest BCUT2D eigenvalue weighted by molar-refractivity contribution is -0.646. The van der Waals surface area contributed by atoms with Gasteiger partial charge >= 0.3 is 11.9 Å². The van der Waals surface area contributed by atoms with Crippen LogP contribution in [-0.2, 0) is 22.6 Å². The van der Waals surface area contributed by atoms with Crippen LogP contribution < -0.4 is 15.0 Å². The summed E-state index contributed by atoms with van der Waals surface area (Å²) < 4.78 is 14.4. The molecule has 0 saturated carbocycles. The largest absolute Gasteiger partial charge is 0.489 e. The van der Waals surface area contributed by atoms with E-state index in [-0.39, 0.29) is 12.5 Å². The molecule has 142 valence electrons. The third kappa shape index (κ3) is 4.28. The number of fused-ring (bicyclic) bond motifs is 1. The van der Waals surface area contributed by atoms with Crippen molar-refractivity contribution in [3.8, 4) is 5.75 Å². The maximum Gasteiger partial charge on any atom is 0.356 e. The van der Waals surface area contributed by atoms with Gasteiger partial charge in [0.05, 0.1) is 11.6 Å². The maximum absolute atomic E-state index is 11.9. The highest BCUT2D eigenvalue weighted by Crippen LogP contribution is 2.27. The number of rotatable bonds is 7. The Morgan fingerprint density at radius 3 is 2.74 bits per heavy atom. The van der Waals surface area contributed by atoms with E-state index in [1.54, 1.807) is 29.7 Å². The normalized spacial score (nSPS) is 10.9. The lowest BCUT2D eigenvalue weighted by Crippen LogP contribution is -2.41. The van der Waals surface area contributed by atoms with Crippen molar-refractivity contribution in [1.29, 1.82) is 0 Å². The van der Waals surface area contributed by atoms with E-state index in [2.05, 4.69) is 0 Å². The van der Waals surface area contributed by atoms with Gasteiger partial charge < -0.3 is 9.47 Å². The third-order valence-electron chi connectivity index (χ3n) is 4.08. The van der Waals surface area contributed by atoms with Crippen LogP contribution in [0.1, 0.15) is 6.92 Å². The molecule has 0 radical (unpaired) electrons. The van der Waals surface area contributed by atoms with Gasteiger partial charge in [0, 0.05) is 5.02 Å². The summed E-state index contributed by atoms with van der Waals surface area (Å²) in [5, 5.41) is 0.998. The molecule has 0 spiro atoms. The standard InChI is InChI=1S/C19H19Cl2N3O3/c1-2-26-18(25)12-24-16-6-4-3-5-15(16)23(19(24)22)9-10-27-17-8-7-13(20)11-14(17)21/h3-8,11,22H,2,9-10,12H2,1H3/p+1. The molecule has 1 heterocycles. The molecule has 0 fully saturated rings. The summed E-state index contributed by atoms with van der Waals surface area (Å²) in [6.45, 7) is 2.99. The number of esters is 1. The summed E-state index contributed by atoms with van der Waals surface area (Å²) in [5.74, 6) is 0.673. The molecule has 0 atom stereocenters. The van der Waals surface area contributed by atoms with Gasteiger partial charge in [0.15, 0.2) is 6.54 Å². The molecule has 0 unspecified atom stereocenters. The van der Waals surface area contributed by atoms with E-state index >= 15 is 0 Å². The number of imidazole rings is 1. The molecule has 0 saturated heterocycles. The van der Waals surface area contributed by atoms with E-state index in [0.717, 1.165) is 11.0 Å². The average molecular weight is 409 g/mol. The Morgan fingerprint density at radius 2 is 2.00 bits per heavy atom. The molecule has 6 nitrogen and oxygen atoms in total. The van der Waals surface area contributed by atoms with Crippen molar-refractivity contribution in [2.75, 3.05) is 18.9 Å². The second kappa shape index (κ2) is 8.50. The summed E-state index contributed by atoms with van der Waals surface area (Å²) >= 11 is 12.0. The van der Waals surface area contributed by atoms with Crippen LogP contribution in [0, 0.1) is 0 Å². The molecule has 0 aliphatic carbocycles. The van der Waals surface area contributed by atoms with Gasteiger partial charge in [0.25, 0.3) is 0 Å². The number of para-hydroxylation sites is 2. The topological polar surface area (TPSA) is 70.4 Å². The minimum Gasteiger partial charge on any atom is -0.489 e. The molecule has 2 N–H and O–H groups in total. The summed E-state index contributed by atoms with van der Waals surface area (Å²) in [7, 11) is 0. The van der Waals surface area contributed by atoms with E-state index in [1.165, 1.54) is 0 Å². The van der Waals surface area contributed by atoms with Crippen molar-refractivity contribution in [3.05, 3.63) is 52.5 Å². The zero-order valence-corrected chi connectivity index (χ0v) is 16.3. The minimum absolute atomic E-state index is 0.0526. The van der Waals surface area contributed by atoms with Gasteiger partial charge in [-0.3, -0.25) is 5.73 Å². The first-order valence-electron chi connectivity index (χ1n) is 8.51. The smallest absolute Gasteiger partial charge is 0.356 e. The number of anilines is 1. The van der Waals surface area contributed by atoms with E-state index in [0.29, 0.717) is 41.5 Å². The van der Waals surface area contributed by atoms with Crippen molar-refractivity contribution < 1.29 is 18.8 Å². The molecule has 0 aliphatic heterocycles. The number of carbonyl (C=O) groups is 1. The van der Waals surface area contributed by atoms with Crippen LogP contribution >= 0.6 is 23.2 Å². The number of ether oxygens (including phenoxy) is 2. The van der Waals surface area contributed by atoms with Crippen LogP contribution in [0.4, 0.5) is 5.95 Å². The van der Waals surface area contributed by atoms with Crippen molar-refractivity contribution in [1.82, 2.24) is 4.57 Å². The zero-order valence-electron chi connectivity index (χ0n) is 14.8. The Kier molecular flexibility index (Phi) is 6.08. The SMILES string of the molecule is CCOC(=O)C[n+]1c(N)n(CCOc2ccc(Cl)cc2Cl)c2ccccc21. The van der Waals surface area contributed by atoms with Crippen molar-refractivity contribution in [3.63, 3.8) is 0 Å². The average Bonchev–Trinajstić information content (AvgIpc) is 2.89. The predicted octanol–water partition coefficient (Wildman–Crippen LogP) is 3.46. The number of hydrogen-bond acceptors (Lipinski definition) is 4. The Labute approximate surface area is 167 Å². The lowest BCUT2D eigenvalue weighted by Gasteiger charge is -2.08. The lowest BCUT2D eigenvalue weighted by atomic mass is 10.3. The highest BCUT2D eigenvalue weighted by Gasteiger charge is 2.23.